The van der Waals surface area contributed by atoms with Crippen molar-refractivity contribution in [2.75, 3.05) is 0 Å². The summed E-state index contributed by atoms with van der Waals surface area (Å²) in [6, 6.07) is 0. The van der Waals surface area contributed by atoms with E-state index in [-0.39, 0.29) is 59.4 Å². The second kappa shape index (κ2) is 16.4. The molecule has 14 nitrogen and oxygen atoms in total. The van der Waals surface area contributed by atoms with Crippen LogP contribution in [-0.2, 0) is 28.8 Å². The summed E-state index contributed by atoms with van der Waals surface area (Å²) in [5.74, 6) is -12.0. The van der Waals surface area contributed by atoms with E-state index in [1.807, 2.05) is 0 Å². The predicted octanol–water partition coefficient (Wildman–Crippen LogP) is -11.6. The molecule has 0 aromatic carbocycles. The van der Waals surface area contributed by atoms with Crippen molar-refractivity contribution in [2.45, 2.75) is 36.9 Å². The smallest absolute Gasteiger partial charge is 0.114 e. The van der Waals surface area contributed by atoms with Crippen molar-refractivity contribution in [2.24, 2.45) is 0 Å². The summed E-state index contributed by atoms with van der Waals surface area (Å²) in [7, 11) is 0. The first-order valence-corrected chi connectivity index (χ1v) is 6.23. The number of carboxylic acid groups (broad SMARTS) is 6. The van der Waals surface area contributed by atoms with Crippen LogP contribution in [0.3, 0.4) is 0 Å². The Morgan fingerprint density at radius 2 is 0.621 bits per heavy atom. The Labute approximate surface area is 201 Å². The molecule has 0 saturated carbocycles. The van der Waals surface area contributed by atoms with Gasteiger partial charge in [-0.1, -0.05) is 0 Å². The number of hydrogen-bond acceptors (Lipinski definition) is 14. The number of carboxylic acids is 6. The van der Waals surface area contributed by atoms with Crippen LogP contribution >= 0.6 is 0 Å². The van der Waals surface area contributed by atoms with E-state index in [1.54, 1.807) is 0 Å². The topological polar surface area (TPSA) is 281 Å². The molecule has 0 bridgehead atoms. The van der Waals surface area contributed by atoms with E-state index in [4.69, 9.17) is 10.2 Å². The quantitative estimate of drug-likeness (QED) is 0.225. The average Bonchev–Trinajstić information content (AvgIpc) is 2.34. The molecular formula is C12H10Ga3O14-6. The third-order valence-electron chi connectivity index (χ3n) is 2.51. The Balaban J connectivity index is -0.000000120. The standard InChI is InChI=1S/2C6H8O7.3Ga/c2*7-3(8)1-6(13,5(11)12)2-4(9)10;;;/h2*13H,1-2H2,(H,7,8)(H,9,10)(H,11,12);;;/p-6. The van der Waals surface area contributed by atoms with Gasteiger partial charge in [0.05, 0.1) is 11.9 Å². The summed E-state index contributed by atoms with van der Waals surface area (Å²) in [4.78, 5) is 60.0. The van der Waals surface area contributed by atoms with Crippen LogP contribution in [0.15, 0.2) is 0 Å². The monoisotopic (exact) mass is 585 g/mol. The van der Waals surface area contributed by atoms with E-state index in [0.717, 1.165) is 0 Å². The third kappa shape index (κ3) is 17.2. The molecule has 0 atom stereocenters. The Bertz CT molecular complexity index is 521. The van der Waals surface area contributed by atoms with E-state index in [1.165, 1.54) is 0 Å². The Morgan fingerprint density at radius 3 is 0.690 bits per heavy atom. The number of carbonyl (C=O) groups is 6. The minimum Gasteiger partial charge on any atom is -0.550 e. The van der Waals surface area contributed by atoms with Crippen LogP contribution in [0, 0.1) is 0 Å². The van der Waals surface area contributed by atoms with Gasteiger partial charge in [-0.15, -0.1) is 0 Å². The average molecular weight is 587 g/mol. The molecule has 17 heteroatoms. The van der Waals surface area contributed by atoms with Crippen molar-refractivity contribution in [3.63, 3.8) is 0 Å². The van der Waals surface area contributed by atoms with Gasteiger partial charge in [0, 0.05) is 109 Å². The number of rotatable bonds is 10. The Hall–Kier alpha value is -1.35. The zero-order valence-electron chi connectivity index (χ0n) is 14.4. The first kappa shape index (κ1) is 38.3. The van der Waals surface area contributed by atoms with Crippen LogP contribution in [0.4, 0.5) is 0 Å². The van der Waals surface area contributed by atoms with Crippen molar-refractivity contribution < 1.29 is 69.6 Å². The SMILES string of the molecule is O=C([O-])CC(O)(CC(=O)[O-])C(=O)[O-].O=C([O-])CC(O)(CC(=O)[O-])C(=O)[O-].[Ga].[Ga].[Ga]. The van der Waals surface area contributed by atoms with Gasteiger partial charge in [0.25, 0.3) is 0 Å². The fourth-order valence-corrected chi connectivity index (χ4v) is 1.37. The molecule has 0 aliphatic rings. The maximum atomic E-state index is 10.1. The molecule has 0 amide bonds. The largest absolute Gasteiger partial charge is 0.550 e. The van der Waals surface area contributed by atoms with Crippen LogP contribution < -0.4 is 30.6 Å². The number of carbonyl (C=O) groups excluding carboxylic acids is 6. The Morgan fingerprint density at radius 1 is 0.483 bits per heavy atom. The maximum Gasteiger partial charge on any atom is 0.114 e. The summed E-state index contributed by atoms with van der Waals surface area (Å²) in [6.07, 6.45) is -5.43. The molecule has 0 spiro atoms. The predicted molar refractivity (Wildman–Crippen MR) is 75.7 cm³/mol. The number of aliphatic carboxylic acids is 6. The fraction of sp³-hybridized carbons (Fsp3) is 0.500. The fourth-order valence-electron chi connectivity index (χ4n) is 1.37. The van der Waals surface area contributed by atoms with Crippen LogP contribution in [0.1, 0.15) is 25.7 Å². The molecule has 0 fully saturated rings. The van der Waals surface area contributed by atoms with Gasteiger partial charge in [0.2, 0.25) is 0 Å². The minimum atomic E-state index is -2.97. The van der Waals surface area contributed by atoms with E-state index in [2.05, 4.69) is 0 Å². The van der Waals surface area contributed by atoms with E-state index >= 15 is 0 Å². The molecule has 29 heavy (non-hydrogen) atoms. The zero-order valence-corrected chi connectivity index (χ0v) is 21.6. The number of aliphatic hydroxyl groups is 2. The van der Waals surface area contributed by atoms with E-state index in [9.17, 15) is 59.4 Å². The third-order valence-corrected chi connectivity index (χ3v) is 2.51. The summed E-state index contributed by atoms with van der Waals surface area (Å²) in [5, 5.41) is 77.9. The molecule has 0 unspecified atom stereocenters. The van der Waals surface area contributed by atoms with Gasteiger partial charge in [-0.3, -0.25) is 0 Å². The first-order chi connectivity index (χ1) is 11.6. The van der Waals surface area contributed by atoms with Crippen molar-refractivity contribution in [3.05, 3.63) is 0 Å². The molecule has 9 radical (unpaired) electrons. The molecule has 157 valence electrons. The summed E-state index contributed by atoms with van der Waals surface area (Å²) < 4.78 is 0. The Kier molecular flexibility index (Phi) is 21.7. The molecular weight excluding hydrogens is 577 g/mol. The second-order valence-corrected chi connectivity index (χ2v) is 4.83. The van der Waals surface area contributed by atoms with Gasteiger partial charge < -0.3 is 69.6 Å². The van der Waals surface area contributed by atoms with Crippen molar-refractivity contribution in [1.29, 1.82) is 0 Å². The van der Waals surface area contributed by atoms with Crippen LogP contribution in [0.2, 0.25) is 0 Å². The summed E-state index contributed by atoms with van der Waals surface area (Å²) in [6.45, 7) is 0. The van der Waals surface area contributed by atoms with Gasteiger partial charge in [0.15, 0.2) is 0 Å². The molecule has 0 aliphatic heterocycles. The molecule has 2 N–H and O–H groups in total. The molecule has 0 aromatic heterocycles. The zero-order chi connectivity index (χ0) is 21.3. The van der Waals surface area contributed by atoms with Gasteiger partial charge in [-0.2, -0.15) is 0 Å². The number of hydrogen-bond donors (Lipinski definition) is 2. The van der Waals surface area contributed by atoms with Crippen LogP contribution in [0.5, 0.6) is 0 Å². The second-order valence-electron chi connectivity index (χ2n) is 4.83. The van der Waals surface area contributed by atoms with Crippen LogP contribution in [-0.4, -0.2) is 117 Å². The molecule has 0 aromatic rings. The van der Waals surface area contributed by atoms with Gasteiger partial charge in [-0.25, -0.2) is 0 Å². The first-order valence-electron chi connectivity index (χ1n) is 6.23. The van der Waals surface area contributed by atoms with Gasteiger partial charge in [0.1, 0.15) is 11.2 Å². The van der Waals surface area contributed by atoms with Crippen LogP contribution in [0.25, 0.3) is 0 Å². The van der Waals surface area contributed by atoms with Gasteiger partial charge in [-0.05, 0) is 0 Å². The van der Waals surface area contributed by atoms with E-state index < -0.39 is 72.7 Å². The van der Waals surface area contributed by atoms with E-state index in [0.29, 0.717) is 0 Å². The summed E-state index contributed by atoms with van der Waals surface area (Å²) in [5.41, 5.74) is -5.95. The maximum absolute atomic E-state index is 10.1. The minimum absolute atomic E-state index is 0. The van der Waals surface area contributed by atoms with Crippen molar-refractivity contribution in [1.82, 2.24) is 0 Å². The van der Waals surface area contributed by atoms with Crippen molar-refractivity contribution in [3.8, 4) is 0 Å². The normalized spacial score (nSPS) is 9.72. The molecule has 0 heterocycles. The van der Waals surface area contributed by atoms with Gasteiger partial charge >= 0.3 is 0 Å². The molecule has 0 saturated heterocycles. The molecule has 0 aliphatic carbocycles. The van der Waals surface area contributed by atoms with Crippen molar-refractivity contribution >= 4 is 95.2 Å². The molecule has 0 rings (SSSR count). The summed E-state index contributed by atoms with van der Waals surface area (Å²) >= 11 is 0.